The van der Waals surface area contributed by atoms with Gasteiger partial charge in [0, 0.05) is 0 Å². The quantitative estimate of drug-likeness (QED) is 0.530. The zero-order valence-electron chi connectivity index (χ0n) is 9.97. The summed E-state index contributed by atoms with van der Waals surface area (Å²) >= 11 is 0. The molecule has 4 nitrogen and oxygen atoms in total. The molecule has 1 aromatic rings. The maximum atomic E-state index is 11.4. The Morgan fingerprint density at radius 2 is 1.69 bits per heavy atom. The first-order chi connectivity index (χ1) is 6.79. The van der Waals surface area contributed by atoms with E-state index >= 15 is 0 Å². The van der Waals surface area contributed by atoms with Crippen molar-refractivity contribution in [1.82, 2.24) is 0 Å². The van der Waals surface area contributed by atoms with Crippen LogP contribution in [0.3, 0.4) is 0 Å². The molecule has 1 rings (SSSR count). The van der Waals surface area contributed by atoms with Crippen LogP contribution in [0.1, 0.15) is 20.8 Å². The Balaban J connectivity index is 0.00000225. The molecule has 1 atom stereocenters. The molecule has 0 aromatic heterocycles. The maximum Gasteiger partial charge on any atom is 1.00 e. The Labute approximate surface area is 118 Å². The molecule has 0 spiro atoms. The van der Waals surface area contributed by atoms with Crippen molar-refractivity contribution < 1.29 is 48.1 Å². The fraction of sp³-hybridized carbons (Fsp3) is 0.400. The molecule has 0 N–H and O–H groups in total. The zero-order valence-corrected chi connectivity index (χ0v) is 12.9. The summed E-state index contributed by atoms with van der Waals surface area (Å²) in [4.78, 5) is 11.4. The van der Waals surface area contributed by atoms with Gasteiger partial charge in [-0.05, 0) is 32.9 Å². The largest absolute Gasteiger partial charge is 1.00 e. The summed E-state index contributed by atoms with van der Waals surface area (Å²) in [7, 11) is -4.29. The van der Waals surface area contributed by atoms with Crippen LogP contribution in [0.25, 0.3) is 0 Å². The Kier molecular flexibility index (Phi) is 6.26. The first-order valence-corrected chi connectivity index (χ1v) is 6.01. The van der Waals surface area contributed by atoms with Gasteiger partial charge in [-0.2, -0.15) is 0 Å². The molecule has 0 fully saturated rings. The molecule has 0 bridgehead atoms. The fourth-order valence-corrected chi connectivity index (χ4v) is 2.05. The normalized spacial score (nSPS) is 14.8. The van der Waals surface area contributed by atoms with Crippen molar-refractivity contribution in [2.75, 3.05) is 0 Å². The third kappa shape index (κ3) is 6.69. The van der Waals surface area contributed by atoms with Crippen LogP contribution in [0.4, 0.5) is 0 Å². The van der Waals surface area contributed by atoms with Crippen LogP contribution in [0, 0.1) is 0 Å². The number of para-hydroxylation sites is 1. The molecule has 0 aliphatic rings. The van der Waals surface area contributed by atoms with Crippen molar-refractivity contribution in [3.63, 3.8) is 0 Å². The maximum absolute atomic E-state index is 11.4. The van der Waals surface area contributed by atoms with Gasteiger partial charge in [-0.1, -0.05) is 18.2 Å². The third-order valence-electron chi connectivity index (χ3n) is 1.35. The SMILES string of the molecule is CC(C)(C)OP(=O)([O-])Oc1ccccc1.[Na+]. The second kappa shape index (κ2) is 6.20. The number of benzene rings is 1. The van der Waals surface area contributed by atoms with Gasteiger partial charge in [0.15, 0.2) is 0 Å². The van der Waals surface area contributed by atoms with Crippen molar-refractivity contribution in [2.24, 2.45) is 0 Å². The van der Waals surface area contributed by atoms with Crippen molar-refractivity contribution in [2.45, 2.75) is 26.4 Å². The second-order valence-corrected chi connectivity index (χ2v) is 5.31. The summed E-state index contributed by atoms with van der Waals surface area (Å²) in [6.07, 6.45) is 0. The number of hydrogen-bond donors (Lipinski definition) is 0. The van der Waals surface area contributed by atoms with Crippen LogP contribution in [-0.2, 0) is 9.09 Å². The van der Waals surface area contributed by atoms with Crippen molar-refractivity contribution in [3.05, 3.63) is 30.3 Å². The van der Waals surface area contributed by atoms with Crippen LogP contribution in [0.15, 0.2) is 30.3 Å². The van der Waals surface area contributed by atoms with Crippen LogP contribution < -0.4 is 39.0 Å². The fourth-order valence-electron chi connectivity index (χ4n) is 0.964. The predicted molar refractivity (Wildman–Crippen MR) is 55.5 cm³/mol. The topological polar surface area (TPSA) is 58.6 Å². The standard InChI is InChI=1S/C10H15O4P.Na/c1-10(2,3)14-15(11,12)13-9-7-5-4-6-8-9;/h4-8H,1-3H3,(H,11,12);/q;+1/p-1. The van der Waals surface area contributed by atoms with E-state index in [4.69, 9.17) is 9.05 Å². The van der Waals surface area contributed by atoms with Crippen molar-refractivity contribution in [3.8, 4) is 5.75 Å². The third-order valence-corrected chi connectivity index (χ3v) is 2.55. The molecule has 0 saturated heterocycles. The van der Waals surface area contributed by atoms with E-state index in [0.29, 0.717) is 0 Å². The Morgan fingerprint density at radius 1 is 1.19 bits per heavy atom. The van der Waals surface area contributed by atoms with Gasteiger partial charge in [0.2, 0.25) is 0 Å². The molecule has 6 heteroatoms. The van der Waals surface area contributed by atoms with Crippen LogP contribution in [0.2, 0.25) is 0 Å². The minimum atomic E-state index is -4.29. The van der Waals surface area contributed by atoms with E-state index in [0.717, 1.165) is 0 Å². The molecule has 0 aliphatic carbocycles. The van der Waals surface area contributed by atoms with E-state index in [9.17, 15) is 9.46 Å². The van der Waals surface area contributed by atoms with E-state index in [-0.39, 0.29) is 35.3 Å². The van der Waals surface area contributed by atoms with Gasteiger partial charge in [0.25, 0.3) is 0 Å². The summed E-state index contributed by atoms with van der Waals surface area (Å²) in [5.41, 5.74) is -0.786. The van der Waals surface area contributed by atoms with Gasteiger partial charge in [0.05, 0.1) is 5.60 Å². The van der Waals surface area contributed by atoms with Gasteiger partial charge in [-0.3, -0.25) is 4.57 Å². The average Bonchev–Trinajstić information content (AvgIpc) is 1.99. The summed E-state index contributed by atoms with van der Waals surface area (Å²) in [6.45, 7) is 4.93. The van der Waals surface area contributed by atoms with E-state index < -0.39 is 13.4 Å². The van der Waals surface area contributed by atoms with Crippen molar-refractivity contribution >= 4 is 7.82 Å². The van der Waals surface area contributed by atoms with Gasteiger partial charge in [0.1, 0.15) is 5.75 Å². The van der Waals surface area contributed by atoms with Gasteiger partial charge in [-0.25, -0.2) is 0 Å². The molecule has 0 radical (unpaired) electrons. The number of phosphoric acid groups is 1. The van der Waals surface area contributed by atoms with Crippen LogP contribution in [-0.4, -0.2) is 5.60 Å². The minimum absolute atomic E-state index is 0. The smallest absolute Gasteiger partial charge is 0.746 e. The van der Waals surface area contributed by atoms with E-state index in [1.165, 1.54) is 0 Å². The first-order valence-electron chi connectivity index (χ1n) is 4.55. The number of rotatable bonds is 3. The Bertz CT molecular complexity index is 361. The van der Waals surface area contributed by atoms with Gasteiger partial charge < -0.3 is 13.9 Å². The molecule has 84 valence electrons. The Hall–Kier alpha value is 0.170. The molecule has 1 aromatic carbocycles. The summed E-state index contributed by atoms with van der Waals surface area (Å²) in [5.74, 6) is 0.250. The summed E-state index contributed by atoms with van der Waals surface area (Å²) in [5, 5.41) is 0. The van der Waals surface area contributed by atoms with Crippen LogP contribution in [0.5, 0.6) is 5.75 Å². The zero-order chi connectivity index (χ0) is 11.5. The molecule has 0 amide bonds. The molecular weight excluding hydrogens is 238 g/mol. The van der Waals surface area contributed by atoms with E-state index in [2.05, 4.69) is 0 Å². The van der Waals surface area contributed by atoms with Gasteiger partial charge >= 0.3 is 37.4 Å². The van der Waals surface area contributed by atoms with Gasteiger partial charge in [-0.15, -0.1) is 0 Å². The summed E-state index contributed by atoms with van der Waals surface area (Å²) < 4.78 is 21.0. The molecular formula is C10H14NaO4P. The minimum Gasteiger partial charge on any atom is -0.746 e. The molecule has 0 saturated carbocycles. The van der Waals surface area contributed by atoms with E-state index in [1.54, 1.807) is 51.1 Å². The Morgan fingerprint density at radius 3 is 2.12 bits per heavy atom. The predicted octanol–water partition coefficient (Wildman–Crippen LogP) is -0.647. The summed E-state index contributed by atoms with van der Waals surface area (Å²) in [6, 6.07) is 8.25. The molecule has 0 heterocycles. The first kappa shape index (κ1) is 16.2. The van der Waals surface area contributed by atoms with Crippen molar-refractivity contribution in [1.29, 1.82) is 0 Å². The monoisotopic (exact) mass is 252 g/mol. The van der Waals surface area contributed by atoms with E-state index in [1.807, 2.05) is 0 Å². The molecule has 1 unspecified atom stereocenters. The second-order valence-electron chi connectivity index (χ2n) is 4.06. The average molecular weight is 252 g/mol. The van der Waals surface area contributed by atoms with Crippen LogP contribution >= 0.6 is 7.82 Å². The molecule has 0 aliphatic heterocycles. The molecule has 16 heavy (non-hydrogen) atoms. The number of phosphoric ester groups is 1. The number of hydrogen-bond acceptors (Lipinski definition) is 4.